The van der Waals surface area contributed by atoms with Crippen LogP contribution in [0, 0.1) is 0 Å². The Morgan fingerprint density at radius 1 is 1.33 bits per heavy atom. The number of esters is 1. The van der Waals surface area contributed by atoms with Crippen LogP contribution in [0.2, 0.25) is 0 Å². The average molecular weight is 293 g/mol. The largest absolute Gasteiger partial charge is 0.465 e. The standard InChI is InChI=1S/C15H19NO5/c1-15(2,3)21-14(19)16-11-6-5-9(13(18)20-4)7-10(11)8-12(16)17/h5-7,12,17H,8H2,1-4H3. The van der Waals surface area contributed by atoms with Crippen LogP contribution in [0.25, 0.3) is 0 Å². The zero-order valence-corrected chi connectivity index (χ0v) is 12.5. The molecule has 1 heterocycles. The Kier molecular flexibility index (Phi) is 3.91. The number of hydrogen-bond donors (Lipinski definition) is 1. The Balaban J connectivity index is 2.30. The number of nitrogens with zero attached hydrogens (tertiary/aromatic N) is 1. The molecule has 6 nitrogen and oxygen atoms in total. The number of aliphatic hydroxyl groups is 1. The molecule has 1 amide bonds. The van der Waals surface area contributed by atoms with Crippen LogP contribution < -0.4 is 4.90 Å². The van der Waals surface area contributed by atoms with Crippen molar-refractivity contribution in [1.82, 2.24) is 0 Å². The first kappa shape index (κ1) is 15.3. The monoisotopic (exact) mass is 293 g/mol. The highest BCUT2D eigenvalue weighted by Crippen LogP contribution is 2.33. The van der Waals surface area contributed by atoms with Gasteiger partial charge in [0.25, 0.3) is 0 Å². The highest BCUT2D eigenvalue weighted by atomic mass is 16.6. The number of aliphatic hydroxyl groups excluding tert-OH is 1. The second-order valence-electron chi connectivity index (χ2n) is 5.87. The third kappa shape index (κ3) is 3.16. The fraction of sp³-hybridized carbons (Fsp3) is 0.467. The lowest BCUT2D eigenvalue weighted by Gasteiger charge is -2.26. The Labute approximate surface area is 123 Å². The van der Waals surface area contributed by atoms with E-state index in [1.54, 1.807) is 39.0 Å². The normalized spacial score (nSPS) is 17.4. The molecule has 0 fully saturated rings. The Hall–Kier alpha value is -2.08. The molecular formula is C15H19NO5. The number of methoxy groups -OCH3 is 1. The first-order chi connectivity index (χ1) is 9.73. The molecule has 21 heavy (non-hydrogen) atoms. The Morgan fingerprint density at radius 3 is 2.57 bits per heavy atom. The van der Waals surface area contributed by atoms with Crippen LogP contribution in [0.15, 0.2) is 18.2 Å². The number of carbonyl (C=O) groups is 2. The summed E-state index contributed by atoms with van der Waals surface area (Å²) in [6.45, 7) is 5.28. The minimum absolute atomic E-state index is 0.249. The van der Waals surface area contributed by atoms with E-state index in [0.717, 1.165) is 0 Å². The summed E-state index contributed by atoms with van der Waals surface area (Å²) in [5.74, 6) is -0.456. The lowest BCUT2D eigenvalue weighted by molar-refractivity contribution is 0.0489. The van der Waals surface area contributed by atoms with Gasteiger partial charge in [0, 0.05) is 6.42 Å². The van der Waals surface area contributed by atoms with Crippen molar-refractivity contribution in [2.75, 3.05) is 12.0 Å². The SMILES string of the molecule is COC(=O)c1ccc2c(c1)CC(O)N2C(=O)OC(C)(C)C. The van der Waals surface area contributed by atoms with E-state index in [0.29, 0.717) is 16.8 Å². The quantitative estimate of drug-likeness (QED) is 0.802. The van der Waals surface area contributed by atoms with Crippen LogP contribution in [0.3, 0.4) is 0 Å². The average Bonchev–Trinajstić information content (AvgIpc) is 2.70. The van der Waals surface area contributed by atoms with E-state index < -0.39 is 23.9 Å². The highest BCUT2D eigenvalue weighted by Gasteiger charge is 2.35. The summed E-state index contributed by atoms with van der Waals surface area (Å²) in [6, 6.07) is 4.79. The molecule has 0 saturated carbocycles. The molecule has 1 unspecified atom stereocenters. The van der Waals surface area contributed by atoms with Crippen molar-refractivity contribution in [3.63, 3.8) is 0 Å². The molecule has 0 spiro atoms. The van der Waals surface area contributed by atoms with E-state index >= 15 is 0 Å². The maximum Gasteiger partial charge on any atom is 0.416 e. The van der Waals surface area contributed by atoms with E-state index in [-0.39, 0.29) is 6.42 Å². The van der Waals surface area contributed by atoms with Gasteiger partial charge in [0.05, 0.1) is 18.4 Å². The summed E-state index contributed by atoms with van der Waals surface area (Å²) in [6.07, 6.45) is -1.36. The lowest BCUT2D eigenvalue weighted by Crippen LogP contribution is -2.41. The summed E-state index contributed by atoms with van der Waals surface area (Å²) < 4.78 is 9.94. The number of hydrogen-bond acceptors (Lipinski definition) is 5. The van der Waals surface area contributed by atoms with Gasteiger partial charge in [0.2, 0.25) is 0 Å². The number of fused-ring (bicyclic) bond motifs is 1. The molecule has 1 aromatic carbocycles. The molecule has 1 N–H and O–H groups in total. The van der Waals surface area contributed by atoms with Crippen LogP contribution in [-0.4, -0.2) is 36.1 Å². The van der Waals surface area contributed by atoms with Gasteiger partial charge in [-0.1, -0.05) is 0 Å². The second-order valence-corrected chi connectivity index (χ2v) is 5.87. The zero-order valence-electron chi connectivity index (χ0n) is 12.5. The molecular weight excluding hydrogens is 274 g/mol. The van der Waals surface area contributed by atoms with Crippen molar-refractivity contribution in [1.29, 1.82) is 0 Å². The number of carbonyl (C=O) groups excluding carboxylic acids is 2. The van der Waals surface area contributed by atoms with Gasteiger partial charge >= 0.3 is 12.1 Å². The topological polar surface area (TPSA) is 76.1 Å². The molecule has 114 valence electrons. The molecule has 1 aliphatic heterocycles. The van der Waals surface area contributed by atoms with Gasteiger partial charge in [-0.05, 0) is 44.5 Å². The van der Waals surface area contributed by atoms with Crippen molar-refractivity contribution in [3.05, 3.63) is 29.3 Å². The molecule has 0 aromatic heterocycles. The van der Waals surface area contributed by atoms with Crippen LogP contribution in [0.1, 0.15) is 36.7 Å². The molecule has 0 bridgehead atoms. The van der Waals surface area contributed by atoms with E-state index in [4.69, 9.17) is 4.74 Å². The van der Waals surface area contributed by atoms with Crippen LogP contribution in [0.4, 0.5) is 10.5 Å². The number of anilines is 1. The lowest BCUT2D eigenvalue weighted by atomic mass is 10.1. The van der Waals surface area contributed by atoms with Crippen LogP contribution in [-0.2, 0) is 15.9 Å². The number of rotatable bonds is 1. The highest BCUT2D eigenvalue weighted by molar-refractivity contribution is 5.94. The molecule has 1 aliphatic rings. The molecule has 1 atom stereocenters. The van der Waals surface area contributed by atoms with Gasteiger partial charge in [-0.3, -0.25) is 4.90 Å². The van der Waals surface area contributed by atoms with Gasteiger partial charge in [0.15, 0.2) is 0 Å². The molecule has 6 heteroatoms. The summed E-state index contributed by atoms with van der Waals surface area (Å²) >= 11 is 0. The number of amides is 1. The van der Waals surface area contributed by atoms with E-state index in [1.807, 2.05) is 0 Å². The molecule has 1 aromatic rings. The van der Waals surface area contributed by atoms with Crippen molar-refractivity contribution in [3.8, 4) is 0 Å². The van der Waals surface area contributed by atoms with Gasteiger partial charge in [-0.25, -0.2) is 9.59 Å². The molecule has 0 saturated heterocycles. The van der Waals surface area contributed by atoms with E-state index in [9.17, 15) is 14.7 Å². The molecule has 0 aliphatic carbocycles. The van der Waals surface area contributed by atoms with Gasteiger partial charge in [0.1, 0.15) is 11.8 Å². The number of ether oxygens (including phenoxy) is 2. The van der Waals surface area contributed by atoms with Crippen molar-refractivity contribution >= 4 is 17.7 Å². The minimum Gasteiger partial charge on any atom is -0.465 e. The first-order valence-corrected chi connectivity index (χ1v) is 6.64. The minimum atomic E-state index is -0.997. The summed E-state index contributed by atoms with van der Waals surface area (Å²) in [5.41, 5.74) is 0.987. The van der Waals surface area contributed by atoms with Gasteiger partial charge in [-0.15, -0.1) is 0 Å². The fourth-order valence-electron chi connectivity index (χ4n) is 2.21. The van der Waals surface area contributed by atoms with Gasteiger partial charge in [-0.2, -0.15) is 0 Å². The molecule has 2 rings (SSSR count). The molecule has 0 radical (unpaired) electrons. The predicted octanol–water partition coefficient (Wildman–Crippen LogP) is 2.09. The maximum atomic E-state index is 12.2. The number of benzene rings is 1. The summed E-state index contributed by atoms with van der Waals surface area (Å²) in [4.78, 5) is 24.9. The first-order valence-electron chi connectivity index (χ1n) is 6.64. The Morgan fingerprint density at radius 2 is 2.00 bits per heavy atom. The second kappa shape index (κ2) is 5.37. The third-order valence-electron chi connectivity index (χ3n) is 3.05. The maximum absolute atomic E-state index is 12.2. The van der Waals surface area contributed by atoms with E-state index in [2.05, 4.69) is 4.74 Å². The van der Waals surface area contributed by atoms with Gasteiger partial charge < -0.3 is 14.6 Å². The van der Waals surface area contributed by atoms with Crippen molar-refractivity contribution in [2.45, 2.75) is 39.0 Å². The fourth-order valence-corrected chi connectivity index (χ4v) is 2.21. The van der Waals surface area contributed by atoms with Crippen molar-refractivity contribution < 1.29 is 24.2 Å². The summed E-state index contributed by atoms with van der Waals surface area (Å²) in [7, 11) is 1.30. The van der Waals surface area contributed by atoms with Crippen molar-refractivity contribution in [2.24, 2.45) is 0 Å². The zero-order chi connectivity index (χ0) is 15.8. The smallest absolute Gasteiger partial charge is 0.416 e. The van der Waals surface area contributed by atoms with Crippen LogP contribution >= 0.6 is 0 Å². The predicted molar refractivity (Wildman–Crippen MR) is 76.2 cm³/mol. The Bertz CT molecular complexity index is 576. The summed E-state index contributed by atoms with van der Waals surface area (Å²) in [5, 5.41) is 10.1. The van der Waals surface area contributed by atoms with Crippen LogP contribution in [0.5, 0.6) is 0 Å². The third-order valence-corrected chi connectivity index (χ3v) is 3.05. The van der Waals surface area contributed by atoms with E-state index in [1.165, 1.54) is 12.0 Å².